The van der Waals surface area contributed by atoms with Crippen LogP contribution < -0.4 is 14.4 Å². The molecule has 6 nitrogen and oxygen atoms in total. The summed E-state index contributed by atoms with van der Waals surface area (Å²) in [6.07, 6.45) is 1.28. The van der Waals surface area contributed by atoms with E-state index in [2.05, 4.69) is 5.32 Å². The first-order valence-electron chi connectivity index (χ1n) is 8.42. The Bertz CT molecular complexity index is 885. The van der Waals surface area contributed by atoms with Crippen LogP contribution in [-0.4, -0.2) is 33.7 Å². The van der Waals surface area contributed by atoms with Gasteiger partial charge in [0.25, 0.3) is 0 Å². The topological polar surface area (TPSA) is 75.7 Å². The van der Waals surface area contributed by atoms with Crippen molar-refractivity contribution in [3.05, 3.63) is 59.9 Å². The van der Waals surface area contributed by atoms with E-state index in [0.29, 0.717) is 5.75 Å². The third kappa shape index (κ3) is 5.43. The van der Waals surface area contributed by atoms with Gasteiger partial charge in [0, 0.05) is 6.54 Å². The maximum absolute atomic E-state index is 13.2. The Balaban J connectivity index is 2.22. The normalized spacial score (nSPS) is 12.3. The molecule has 0 aromatic heterocycles. The number of benzene rings is 2. The Labute approximate surface area is 159 Å². The summed E-state index contributed by atoms with van der Waals surface area (Å²) in [6, 6.07) is 11.3. The molecule has 146 valence electrons. The van der Waals surface area contributed by atoms with Crippen molar-refractivity contribution in [1.82, 2.24) is 5.32 Å². The number of hydrogen-bond acceptors (Lipinski definition) is 4. The van der Waals surface area contributed by atoms with E-state index < -0.39 is 27.8 Å². The highest BCUT2D eigenvalue weighted by Gasteiger charge is 2.31. The molecule has 0 saturated heterocycles. The zero-order valence-corrected chi connectivity index (χ0v) is 16.3. The molecule has 8 heteroatoms. The molecule has 1 atom stereocenters. The van der Waals surface area contributed by atoms with E-state index in [4.69, 9.17) is 4.74 Å². The molecule has 1 N–H and O–H groups in total. The van der Waals surface area contributed by atoms with Crippen molar-refractivity contribution in [2.45, 2.75) is 25.9 Å². The highest BCUT2D eigenvalue weighted by Crippen LogP contribution is 2.23. The van der Waals surface area contributed by atoms with Crippen LogP contribution in [0.4, 0.5) is 10.1 Å². The number of carbonyl (C=O) groups excluding carboxylic acids is 1. The first-order chi connectivity index (χ1) is 12.8. The number of amides is 1. The second-order valence-electron chi connectivity index (χ2n) is 6.03. The Morgan fingerprint density at radius 3 is 2.44 bits per heavy atom. The molecule has 0 saturated carbocycles. The summed E-state index contributed by atoms with van der Waals surface area (Å²) in [5.74, 6) is -0.254. The number of nitrogens with one attached hydrogen (secondary N) is 1. The van der Waals surface area contributed by atoms with E-state index in [9.17, 15) is 17.6 Å². The van der Waals surface area contributed by atoms with Gasteiger partial charge in [0.1, 0.15) is 17.6 Å². The second-order valence-corrected chi connectivity index (χ2v) is 7.89. The molecule has 1 amide bonds. The van der Waals surface area contributed by atoms with Crippen LogP contribution in [0.1, 0.15) is 18.9 Å². The molecule has 2 rings (SSSR count). The van der Waals surface area contributed by atoms with Gasteiger partial charge in [-0.1, -0.05) is 19.1 Å². The van der Waals surface area contributed by atoms with Crippen molar-refractivity contribution in [3.63, 3.8) is 0 Å². The number of ether oxygens (including phenoxy) is 1. The molecule has 0 aliphatic rings. The van der Waals surface area contributed by atoms with Gasteiger partial charge >= 0.3 is 0 Å². The quantitative estimate of drug-likeness (QED) is 0.747. The van der Waals surface area contributed by atoms with Crippen molar-refractivity contribution in [1.29, 1.82) is 0 Å². The van der Waals surface area contributed by atoms with Gasteiger partial charge in [-0.05, 0) is 48.4 Å². The lowest BCUT2D eigenvalue weighted by Gasteiger charge is -2.30. The highest BCUT2D eigenvalue weighted by molar-refractivity contribution is 7.92. The SMILES string of the molecule is CCC(C(=O)NCc1cccc(OC)c1)N(c1ccc(F)cc1)S(C)(=O)=O. The van der Waals surface area contributed by atoms with Crippen molar-refractivity contribution >= 4 is 21.6 Å². The largest absolute Gasteiger partial charge is 0.497 e. The number of nitrogens with zero attached hydrogens (tertiary/aromatic N) is 1. The number of carbonyl (C=O) groups is 1. The first-order valence-corrected chi connectivity index (χ1v) is 10.3. The van der Waals surface area contributed by atoms with Gasteiger partial charge in [0.05, 0.1) is 19.1 Å². The summed E-state index contributed by atoms with van der Waals surface area (Å²) in [7, 11) is -2.20. The van der Waals surface area contributed by atoms with Crippen LogP contribution in [0, 0.1) is 5.82 Å². The number of halogens is 1. The zero-order chi connectivity index (χ0) is 20.0. The van der Waals surface area contributed by atoms with Gasteiger partial charge in [-0.15, -0.1) is 0 Å². The summed E-state index contributed by atoms with van der Waals surface area (Å²) in [5, 5.41) is 2.76. The van der Waals surface area contributed by atoms with Gasteiger partial charge in [-0.2, -0.15) is 0 Å². The molecule has 0 spiro atoms. The highest BCUT2D eigenvalue weighted by atomic mass is 32.2. The molecule has 0 aliphatic heterocycles. The summed E-state index contributed by atoms with van der Waals surface area (Å²) in [6.45, 7) is 1.95. The summed E-state index contributed by atoms with van der Waals surface area (Å²) in [5.41, 5.74) is 1.06. The zero-order valence-electron chi connectivity index (χ0n) is 15.5. The lowest BCUT2D eigenvalue weighted by molar-refractivity contribution is -0.122. The second kappa shape index (κ2) is 8.85. The molecule has 0 aliphatic carbocycles. The standard InChI is InChI=1S/C19H23FN2O4S/c1-4-18(19(23)21-13-14-6-5-7-17(12-14)26-2)22(27(3,24)25)16-10-8-15(20)9-11-16/h5-12,18H,4,13H2,1-3H3,(H,21,23). The van der Waals surface area contributed by atoms with Crippen LogP contribution in [0.25, 0.3) is 0 Å². The van der Waals surface area contributed by atoms with Gasteiger partial charge < -0.3 is 10.1 Å². The Morgan fingerprint density at radius 2 is 1.89 bits per heavy atom. The van der Waals surface area contributed by atoms with Crippen molar-refractivity contribution in [3.8, 4) is 5.75 Å². The fourth-order valence-electron chi connectivity index (χ4n) is 2.74. The minimum atomic E-state index is -3.75. The molecular weight excluding hydrogens is 371 g/mol. The summed E-state index contributed by atoms with van der Waals surface area (Å²) >= 11 is 0. The third-order valence-electron chi connectivity index (χ3n) is 4.01. The van der Waals surface area contributed by atoms with E-state index in [-0.39, 0.29) is 18.7 Å². The number of anilines is 1. The van der Waals surface area contributed by atoms with Crippen molar-refractivity contribution in [2.24, 2.45) is 0 Å². The van der Waals surface area contributed by atoms with Crippen LogP contribution in [0.5, 0.6) is 5.75 Å². The summed E-state index contributed by atoms with van der Waals surface area (Å²) < 4.78 is 44.0. The van der Waals surface area contributed by atoms with E-state index in [0.717, 1.165) is 28.3 Å². The fourth-order valence-corrected chi connectivity index (χ4v) is 3.95. The molecular formula is C19H23FN2O4S. The molecule has 0 radical (unpaired) electrons. The molecule has 2 aromatic carbocycles. The molecule has 0 bridgehead atoms. The fraction of sp³-hybridized carbons (Fsp3) is 0.316. The molecule has 2 aromatic rings. The average molecular weight is 394 g/mol. The van der Waals surface area contributed by atoms with E-state index >= 15 is 0 Å². The number of rotatable bonds is 8. The van der Waals surface area contributed by atoms with Crippen LogP contribution in [0.15, 0.2) is 48.5 Å². The molecule has 0 heterocycles. The lowest BCUT2D eigenvalue weighted by atomic mass is 10.1. The van der Waals surface area contributed by atoms with E-state index in [1.807, 2.05) is 6.07 Å². The number of hydrogen-bond donors (Lipinski definition) is 1. The maximum atomic E-state index is 13.2. The van der Waals surface area contributed by atoms with Crippen molar-refractivity contribution in [2.75, 3.05) is 17.7 Å². The van der Waals surface area contributed by atoms with Gasteiger partial charge in [0.15, 0.2) is 0 Å². The molecule has 1 unspecified atom stereocenters. The van der Waals surface area contributed by atoms with E-state index in [1.165, 1.54) is 12.1 Å². The van der Waals surface area contributed by atoms with Crippen LogP contribution in [0.2, 0.25) is 0 Å². The maximum Gasteiger partial charge on any atom is 0.244 e. The average Bonchev–Trinajstić information content (AvgIpc) is 2.64. The number of sulfonamides is 1. The van der Waals surface area contributed by atoms with Crippen LogP contribution in [-0.2, 0) is 21.4 Å². The monoisotopic (exact) mass is 394 g/mol. The predicted octanol–water partition coefficient (Wildman–Crippen LogP) is 2.70. The minimum Gasteiger partial charge on any atom is -0.497 e. The minimum absolute atomic E-state index is 0.230. The predicted molar refractivity (Wildman–Crippen MR) is 103 cm³/mol. The van der Waals surface area contributed by atoms with Gasteiger partial charge in [0.2, 0.25) is 15.9 Å². The van der Waals surface area contributed by atoms with Gasteiger partial charge in [-0.25, -0.2) is 12.8 Å². The molecule has 0 fully saturated rings. The Hall–Kier alpha value is -2.61. The van der Waals surface area contributed by atoms with Gasteiger partial charge in [-0.3, -0.25) is 9.10 Å². The van der Waals surface area contributed by atoms with Crippen molar-refractivity contribution < 1.29 is 22.3 Å². The Kier molecular flexibility index (Phi) is 6.79. The Morgan fingerprint density at radius 1 is 1.22 bits per heavy atom. The van der Waals surface area contributed by atoms with Crippen LogP contribution in [0.3, 0.4) is 0 Å². The third-order valence-corrected chi connectivity index (χ3v) is 5.19. The smallest absolute Gasteiger partial charge is 0.244 e. The first kappa shape index (κ1) is 20.7. The summed E-state index contributed by atoms with van der Waals surface area (Å²) in [4.78, 5) is 12.7. The van der Waals surface area contributed by atoms with E-state index in [1.54, 1.807) is 32.2 Å². The number of methoxy groups -OCH3 is 1. The molecule has 27 heavy (non-hydrogen) atoms. The van der Waals surface area contributed by atoms with Crippen LogP contribution >= 0.6 is 0 Å². The lowest BCUT2D eigenvalue weighted by Crippen LogP contribution is -2.49.